The van der Waals surface area contributed by atoms with Gasteiger partial charge in [-0.2, -0.15) is 0 Å². The van der Waals surface area contributed by atoms with E-state index in [9.17, 15) is 48.6 Å². The van der Waals surface area contributed by atoms with Gasteiger partial charge in [-0.25, -0.2) is 4.99 Å². The average Bonchev–Trinajstić information content (AvgIpc) is 0.846. The van der Waals surface area contributed by atoms with Gasteiger partial charge < -0.3 is 93.3 Å². The molecule has 0 atom stereocenters. The van der Waals surface area contributed by atoms with Gasteiger partial charge in [-0.3, -0.25) is 43.3 Å². The molecule has 8 aromatic carbocycles. The van der Waals surface area contributed by atoms with Gasteiger partial charge in [0, 0.05) is 208 Å². The molecule has 0 fully saturated rings. The molecule has 28 nitrogen and oxygen atoms in total. The number of benzene rings is 8. The first-order valence-corrected chi connectivity index (χ1v) is 45.3. The zero-order valence-corrected chi connectivity index (χ0v) is 74.1. The summed E-state index contributed by atoms with van der Waals surface area (Å²) in [4.78, 5) is 133. The van der Waals surface area contributed by atoms with Crippen molar-refractivity contribution in [3.63, 3.8) is 0 Å². The summed E-state index contributed by atoms with van der Waals surface area (Å²) in [6, 6.07) is 63.1. The van der Waals surface area contributed by atoms with Gasteiger partial charge in [-0.05, 0) is 225 Å². The molecule has 0 aromatic heterocycles. The van der Waals surface area contributed by atoms with Crippen molar-refractivity contribution in [2.24, 2.45) is 44.4 Å². The number of hydrogen-bond donors (Lipinski definition) is 8. The van der Waals surface area contributed by atoms with Crippen molar-refractivity contribution < 1.29 is 58.0 Å². The largest absolute Gasteiger partial charge is 0.497 e. The molecule has 0 saturated heterocycles. The number of carbonyl (C=O) groups excluding carboxylic acids is 8. The van der Waals surface area contributed by atoms with Crippen LogP contribution in [0.5, 0.6) is 0 Å². The Labute approximate surface area is 753 Å². The van der Waals surface area contributed by atoms with Crippen LogP contribution in [0.3, 0.4) is 0 Å². The second-order valence-electron chi connectivity index (χ2n) is 32.3. The highest BCUT2D eigenvalue weighted by Crippen LogP contribution is 2.30. The SMILES string of the molecule is NCCC(=O)N1CCCCN(C(=O)CCN)c2ccc(cc2)Cc2ccc(cc2)N(C(=O)CCC(O)=NCCOCCCOCN=C(O)CCC(=O)N2CCCCN(C(=O)CCN)c3ccc(cc3)Cc3ccc(cc3)N(C(=O)CCN)CCCCN(C(=O)CCN)c3ccc(cc3)Cc3ccc2cc3)CCCCN(C(=O)CCN)c2ccc(cc2)Cc2ccc1cc2. The summed E-state index contributed by atoms with van der Waals surface area (Å²) in [6.45, 7) is 5.25. The van der Waals surface area contributed by atoms with E-state index in [4.69, 9.17) is 43.9 Å². The van der Waals surface area contributed by atoms with E-state index in [-0.39, 0.29) is 189 Å². The molecule has 28 heteroatoms. The number of nitrogens with zero attached hydrogens (tertiary/aromatic N) is 10. The minimum Gasteiger partial charge on any atom is -0.497 e. The van der Waals surface area contributed by atoms with Crippen LogP contribution in [0.1, 0.15) is 167 Å². The summed E-state index contributed by atoms with van der Waals surface area (Å²) in [5.74, 6) is -1.38. The Morgan fingerprint density at radius 3 is 0.617 bits per heavy atom. The van der Waals surface area contributed by atoms with Crippen molar-refractivity contribution in [3.05, 3.63) is 239 Å². The Morgan fingerprint density at radius 2 is 0.422 bits per heavy atom. The quantitative estimate of drug-likeness (QED) is 0.0135. The third-order valence-electron chi connectivity index (χ3n) is 22.8. The van der Waals surface area contributed by atoms with Gasteiger partial charge in [0.05, 0.1) is 19.8 Å². The Morgan fingerprint density at radius 1 is 0.242 bits per heavy atom. The van der Waals surface area contributed by atoms with E-state index < -0.39 is 0 Å². The minimum absolute atomic E-state index is 0.00317. The minimum atomic E-state index is -0.236. The van der Waals surface area contributed by atoms with Crippen LogP contribution >= 0.6 is 0 Å². The summed E-state index contributed by atoms with van der Waals surface area (Å²) < 4.78 is 11.5. The van der Waals surface area contributed by atoms with Crippen LogP contribution < -0.4 is 73.6 Å². The van der Waals surface area contributed by atoms with E-state index in [1.807, 2.05) is 194 Å². The van der Waals surface area contributed by atoms with E-state index in [2.05, 4.69) is 9.98 Å². The number of aliphatic hydroxyl groups is 2. The van der Waals surface area contributed by atoms with Crippen molar-refractivity contribution in [1.29, 1.82) is 0 Å². The second kappa shape index (κ2) is 53.1. The maximum absolute atomic E-state index is 14.4. The molecule has 0 saturated carbocycles. The predicted octanol–water partition coefficient (Wildman–Crippen LogP) is 11.9. The van der Waals surface area contributed by atoms with Crippen LogP contribution in [0.2, 0.25) is 0 Å². The molecule has 0 radical (unpaired) electrons. The molecule has 14 aliphatic heterocycles. The van der Waals surface area contributed by atoms with Gasteiger partial charge in [-0.15, -0.1) is 0 Å². The standard InChI is InChI=1S/C100H130N16O12/c101-52-46-95(121)111-61-3-1-59-109(83-26-10-75(11-27-83)70-77-14-34-87(35-15-77)113(97(123)48-54-103)63-5-7-65-115(99(125)50-56-105)89-38-22-81(23-39-89)72-79-18-30-85(111)31-19-79)93(119)44-42-91(117)107-58-69-127-67-9-68-128-74-108-92(118)43-45-94(120)110-60-2-4-62-112(96(122)47-53-102)86-32-20-80(21-33-86)73-82-24-40-90(41-25-82)116(100(126)51-57-106)66-8-6-64-114(98(124)49-55-104)88-36-16-78(17-37-88)71-76-12-28-84(110)29-13-76/h10-41H,1-9,42-74,101-106H2,(H,107,117)(H,108,118). The number of rotatable bonds is 27. The Kier molecular flexibility index (Phi) is 40.8. The van der Waals surface area contributed by atoms with Crippen LogP contribution in [0.15, 0.2) is 204 Å². The zero-order chi connectivity index (χ0) is 90.8. The number of carbonyl (C=O) groups is 8. The third kappa shape index (κ3) is 31.0. The summed E-state index contributed by atoms with van der Waals surface area (Å²) in [5.41, 5.74) is 49.5. The van der Waals surface area contributed by atoms with Crippen LogP contribution in [0.4, 0.5) is 45.5 Å². The molecule has 128 heavy (non-hydrogen) atoms. The lowest BCUT2D eigenvalue weighted by atomic mass is 10.0. The van der Waals surface area contributed by atoms with E-state index in [1.54, 1.807) is 39.2 Å². The lowest BCUT2D eigenvalue weighted by molar-refractivity contribution is -0.119. The van der Waals surface area contributed by atoms with Gasteiger partial charge in [-0.1, -0.05) is 97.1 Å². The lowest BCUT2D eigenvalue weighted by Gasteiger charge is -2.26. The smallest absolute Gasteiger partial charge is 0.228 e. The Bertz CT molecular complexity index is 4560. The second-order valence-corrected chi connectivity index (χ2v) is 32.3. The first-order valence-electron chi connectivity index (χ1n) is 45.3. The molecule has 22 rings (SSSR count). The Balaban J connectivity index is 0.718. The van der Waals surface area contributed by atoms with E-state index in [0.717, 1.165) is 78.6 Å². The summed E-state index contributed by atoms with van der Waals surface area (Å²) >= 11 is 0. The molecule has 8 aromatic rings. The molecule has 0 spiro atoms. The molecular weight excluding hydrogens is 1620 g/mol. The van der Waals surface area contributed by atoms with Crippen LogP contribution in [-0.2, 0) is 73.5 Å². The summed E-state index contributed by atoms with van der Waals surface area (Å²) in [5, 5.41) is 22.0. The number of aliphatic hydroxyl groups excluding tert-OH is 2. The van der Waals surface area contributed by atoms with E-state index in [0.29, 0.717) is 154 Å². The molecule has 14 heterocycles. The molecular formula is C100H130N16O12. The first-order chi connectivity index (χ1) is 62.3. The number of aliphatic imine (C=N–C) groups is 2. The van der Waals surface area contributed by atoms with Gasteiger partial charge in [0.15, 0.2) is 11.8 Å². The average molecular weight is 1750 g/mol. The van der Waals surface area contributed by atoms with Crippen molar-refractivity contribution >= 4 is 105 Å². The van der Waals surface area contributed by atoms with Gasteiger partial charge in [0.1, 0.15) is 6.73 Å². The maximum Gasteiger partial charge on any atom is 0.228 e. The highest BCUT2D eigenvalue weighted by atomic mass is 16.5. The number of anilines is 8. The maximum atomic E-state index is 14.4. The third-order valence-corrected chi connectivity index (χ3v) is 22.8. The van der Waals surface area contributed by atoms with Gasteiger partial charge in [0.2, 0.25) is 47.3 Å². The molecule has 14 N–H and O–H groups in total. The fourth-order valence-corrected chi connectivity index (χ4v) is 15.8. The first kappa shape index (κ1) is 98.3. The highest BCUT2D eigenvalue weighted by molar-refractivity contribution is 5.99. The normalized spacial score (nSPS) is 14.7. The van der Waals surface area contributed by atoms with Crippen LogP contribution in [0, 0.1) is 0 Å². The lowest BCUT2D eigenvalue weighted by Crippen LogP contribution is -2.35. The van der Waals surface area contributed by atoms with E-state index >= 15 is 0 Å². The molecule has 16 bridgehead atoms. The molecule has 8 amide bonds. The Hall–Kier alpha value is -11.9. The fourth-order valence-electron chi connectivity index (χ4n) is 15.8. The van der Waals surface area contributed by atoms with Crippen molar-refractivity contribution in [1.82, 2.24) is 0 Å². The number of nitrogens with two attached hydrogens (primary N) is 6. The predicted molar refractivity (Wildman–Crippen MR) is 510 cm³/mol. The zero-order valence-electron chi connectivity index (χ0n) is 74.1. The van der Waals surface area contributed by atoms with Crippen LogP contribution in [0.25, 0.3) is 0 Å². The fraction of sp³-hybridized carbons (Fsp3) is 0.420. The van der Waals surface area contributed by atoms with Crippen molar-refractivity contribution in [2.75, 3.05) is 164 Å². The highest BCUT2D eigenvalue weighted by Gasteiger charge is 2.26. The van der Waals surface area contributed by atoms with Crippen molar-refractivity contribution in [2.45, 2.75) is 148 Å². The molecule has 682 valence electrons. The topological polar surface area (TPSA) is 402 Å². The van der Waals surface area contributed by atoms with Gasteiger partial charge >= 0.3 is 0 Å². The number of amides is 8. The van der Waals surface area contributed by atoms with Crippen molar-refractivity contribution in [3.8, 4) is 0 Å². The number of ether oxygens (including phenoxy) is 2. The monoisotopic (exact) mass is 1750 g/mol. The van der Waals surface area contributed by atoms with Crippen LogP contribution in [-0.4, -0.2) is 194 Å². The van der Waals surface area contributed by atoms with Gasteiger partial charge in [0.25, 0.3) is 0 Å². The summed E-state index contributed by atoms with van der Waals surface area (Å²) in [6.07, 6.45) is 8.64. The number of hydrogen-bond acceptors (Lipinski definition) is 18. The molecule has 0 unspecified atom stereocenters. The summed E-state index contributed by atoms with van der Waals surface area (Å²) in [7, 11) is 0. The molecule has 14 aliphatic rings. The van der Waals surface area contributed by atoms with E-state index in [1.165, 1.54) is 0 Å². The molecule has 0 aliphatic carbocycles.